The molecule has 23 heavy (non-hydrogen) atoms. The molecule has 0 atom stereocenters. The van der Waals surface area contributed by atoms with Gasteiger partial charge in [-0.25, -0.2) is 4.39 Å². The maximum absolute atomic E-state index is 13.1. The fourth-order valence-corrected chi connectivity index (χ4v) is 3.60. The summed E-state index contributed by atoms with van der Waals surface area (Å²) in [6.45, 7) is 4.68. The Hall–Kier alpha value is -1.79. The van der Waals surface area contributed by atoms with Gasteiger partial charge >= 0.3 is 0 Å². The third-order valence-corrected chi connectivity index (χ3v) is 4.87. The van der Waals surface area contributed by atoms with Crippen molar-refractivity contribution >= 4 is 23.4 Å². The molecule has 0 saturated heterocycles. The van der Waals surface area contributed by atoms with E-state index >= 15 is 0 Å². The number of thioether (sulfide) groups is 1. The molecule has 0 unspecified atom stereocenters. The van der Waals surface area contributed by atoms with E-state index in [1.165, 1.54) is 23.9 Å². The molecule has 3 aromatic rings. The van der Waals surface area contributed by atoms with Crippen molar-refractivity contribution in [3.63, 3.8) is 0 Å². The van der Waals surface area contributed by atoms with Gasteiger partial charge in [0.2, 0.25) is 0 Å². The lowest BCUT2D eigenvalue weighted by Crippen LogP contribution is -2.00. The molecule has 3 rings (SSSR count). The molecular weight excluding hydrogens is 337 g/mol. The number of hydrogen-bond donors (Lipinski definition) is 0. The molecule has 0 N–H and O–H groups in total. The Balaban J connectivity index is 1.84. The highest BCUT2D eigenvalue weighted by molar-refractivity contribution is 7.98. The summed E-state index contributed by atoms with van der Waals surface area (Å²) >= 11 is 7.59. The molecule has 4 nitrogen and oxygen atoms in total. The number of aryl methyl sites for hydroxylation is 1. The molecule has 7 heteroatoms. The Morgan fingerprint density at radius 3 is 2.78 bits per heavy atom. The van der Waals surface area contributed by atoms with Gasteiger partial charge in [0.25, 0.3) is 0 Å². The van der Waals surface area contributed by atoms with E-state index in [2.05, 4.69) is 10.2 Å². The van der Waals surface area contributed by atoms with Crippen LogP contribution in [0.3, 0.4) is 0 Å². The van der Waals surface area contributed by atoms with Gasteiger partial charge in [0.05, 0.1) is 11.8 Å². The predicted molar refractivity (Wildman–Crippen MR) is 89.1 cm³/mol. The van der Waals surface area contributed by atoms with Crippen molar-refractivity contribution in [1.82, 2.24) is 14.8 Å². The van der Waals surface area contributed by atoms with Gasteiger partial charge < -0.3 is 8.98 Å². The number of benzene rings is 1. The van der Waals surface area contributed by atoms with Crippen LogP contribution in [0.2, 0.25) is 5.02 Å². The Morgan fingerprint density at radius 1 is 1.30 bits per heavy atom. The molecule has 0 aliphatic rings. The van der Waals surface area contributed by atoms with Crippen LogP contribution >= 0.6 is 23.4 Å². The van der Waals surface area contributed by atoms with Crippen LogP contribution in [0.1, 0.15) is 18.2 Å². The van der Waals surface area contributed by atoms with Crippen molar-refractivity contribution in [3.05, 3.63) is 52.7 Å². The summed E-state index contributed by atoms with van der Waals surface area (Å²) in [6.07, 6.45) is 1.64. The highest BCUT2D eigenvalue weighted by Gasteiger charge is 2.16. The van der Waals surface area contributed by atoms with E-state index in [4.69, 9.17) is 16.0 Å². The van der Waals surface area contributed by atoms with Crippen molar-refractivity contribution in [1.29, 1.82) is 0 Å². The third kappa shape index (κ3) is 3.28. The Bertz CT molecular complexity index is 831. The molecule has 1 aromatic carbocycles. The summed E-state index contributed by atoms with van der Waals surface area (Å²) in [7, 11) is 0. The first-order valence-corrected chi connectivity index (χ1v) is 8.51. The van der Waals surface area contributed by atoms with Gasteiger partial charge in [-0.15, -0.1) is 10.2 Å². The van der Waals surface area contributed by atoms with E-state index in [0.29, 0.717) is 10.8 Å². The van der Waals surface area contributed by atoms with Crippen molar-refractivity contribution in [3.8, 4) is 11.4 Å². The average Bonchev–Trinajstić information content (AvgIpc) is 3.11. The summed E-state index contributed by atoms with van der Waals surface area (Å²) in [5.74, 6) is 1.86. The van der Waals surface area contributed by atoms with Crippen molar-refractivity contribution in [2.24, 2.45) is 0 Å². The van der Waals surface area contributed by atoms with Gasteiger partial charge in [-0.3, -0.25) is 0 Å². The third-order valence-electron chi connectivity index (χ3n) is 3.50. The maximum Gasteiger partial charge on any atom is 0.191 e. The van der Waals surface area contributed by atoms with Crippen molar-refractivity contribution < 1.29 is 8.81 Å². The van der Waals surface area contributed by atoms with E-state index in [1.54, 1.807) is 12.3 Å². The van der Waals surface area contributed by atoms with Crippen LogP contribution in [0.4, 0.5) is 4.39 Å². The lowest BCUT2D eigenvalue weighted by molar-refractivity contribution is 0.534. The van der Waals surface area contributed by atoms with Gasteiger partial charge in [0.15, 0.2) is 11.0 Å². The first-order valence-electron chi connectivity index (χ1n) is 7.14. The van der Waals surface area contributed by atoms with E-state index in [0.717, 1.165) is 34.4 Å². The van der Waals surface area contributed by atoms with Crippen LogP contribution in [0.25, 0.3) is 11.4 Å². The van der Waals surface area contributed by atoms with Gasteiger partial charge in [-0.1, -0.05) is 29.4 Å². The first-order chi connectivity index (χ1) is 11.1. The van der Waals surface area contributed by atoms with Crippen LogP contribution in [-0.2, 0) is 12.3 Å². The zero-order chi connectivity index (χ0) is 16.4. The molecule has 120 valence electrons. The number of rotatable bonds is 5. The molecule has 0 aliphatic heterocycles. The Morgan fingerprint density at radius 2 is 2.13 bits per heavy atom. The van der Waals surface area contributed by atoms with Crippen LogP contribution in [0.15, 0.2) is 40.1 Å². The molecule has 0 spiro atoms. The topological polar surface area (TPSA) is 43.9 Å². The Labute approximate surface area is 142 Å². The first kappa shape index (κ1) is 16.1. The molecule has 0 amide bonds. The van der Waals surface area contributed by atoms with Gasteiger partial charge in [-0.05, 0) is 37.6 Å². The quantitative estimate of drug-likeness (QED) is 0.610. The molecule has 2 heterocycles. The monoisotopic (exact) mass is 351 g/mol. The molecular formula is C16H15ClFN3OS. The number of nitrogens with zero attached hydrogens (tertiary/aromatic N) is 3. The van der Waals surface area contributed by atoms with Crippen molar-refractivity contribution in [2.45, 2.75) is 31.3 Å². The zero-order valence-corrected chi connectivity index (χ0v) is 14.3. The second kappa shape index (κ2) is 6.76. The minimum absolute atomic E-state index is 0.335. The van der Waals surface area contributed by atoms with E-state index in [1.807, 2.05) is 24.5 Å². The lowest BCUT2D eigenvalue weighted by atomic mass is 10.2. The SMILES string of the molecule is CCn1c(SCc2ccc(F)cc2Cl)nnc1-c1ccoc1C. The summed E-state index contributed by atoms with van der Waals surface area (Å²) < 4.78 is 20.5. The zero-order valence-electron chi connectivity index (χ0n) is 12.7. The molecule has 0 saturated carbocycles. The molecule has 0 fully saturated rings. The number of hydrogen-bond acceptors (Lipinski definition) is 4. The summed E-state index contributed by atoms with van der Waals surface area (Å²) in [6, 6.07) is 6.31. The van der Waals surface area contributed by atoms with Gasteiger partial charge in [0.1, 0.15) is 11.6 Å². The van der Waals surface area contributed by atoms with Crippen LogP contribution in [0.5, 0.6) is 0 Å². The molecule has 0 radical (unpaired) electrons. The minimum Gasteiger partial charge on any atom is -0.469 e. The molecule has 2 aromatic heterocycles. The maximum atomic E-state index is 13.1. The fraction of sp³-hybridized carbons (Fsp3) is 0.250. The normalized spacial score (nSPS) is 11.1. The number of furan rings is 1. The fourth-order valence-electron chi connectivity index (χ4n) is 2.28. The Kier molecular flexibility index (Phi) is 4.73. The molecule has 0 aliphatic carbocycles. The van der Waals surface area contributed by atoms with Gasteiger partial charge in [0, 0.05) is 17.3 Å². The number of aromatic nitrogens is 3. The van der Waals surface area contributed by atoms with E-state index in [-0.39, 0.29) is 5.82 Å². The largest absolute Gasteiger partial charge is 0.469 e. The average molecular weight is 352 g/mol. The van der Waals surface area contributed by atoms with Crippen LogP contribution in [0, 0.1) is 12.7 Å². The summed E-state index contributed by atoms with van der Waals surface area (Å²) in [5.41, 5.74) is 1.80. The van der Waals surface area contributed by atoms with Gasteiger partial charge in [-0.2, -0.15) is 0 Å². The second-order valence-corrected chi connectivity index (χ2v) is 6.32. The smallest absolute Gasteiger partial charge is 0.191 e. The molecule has 0 bridgehead atoms. The highest BCUT2D eigenvalue weighted by Crippen LogP contribution is 2.30. The van der Waals surface area contributed by atoms with E-state index < -0.39 is 0 Å². The number of halogens is 2. The van der Waals surface area contributed by atoms with Crippen molar-refractivity contribution in [2.75, 3.05) is 0 Å². The highest BCUT2D eigenvalue weighted by atomic mass is 35.5. The van der Waals surface area contributed by atoms with E-state index in [9.17, 15) is 4.39 Å². The lowest BCUT2D eigenvalue weighted by Gasteiger charge is -2.07. The summed E-state index contributed by atoms with van der Waals surface area (Å²) in [5, 5.41) is 9.76. The summed E-state index contributed by atoms with van der Waals surface area (Å²) in [4.78, 5) is 0. The second-order valence-electron chi connectivity index (χ2n) is 4.97. The van der Waals surface area contributed by atoms with Crippen LogP contribution in [-0.4, -0.2) is 14.8 Å². The minimum atomic E-state index is -0.335. The standard InChI is InChI=1S/C16H15ClFN3OS/c1-3-21-15(13-6-7-22-10(13)2)19-20-16(21)23-9-11-4-5-12(18)8-14(11)17/h4-8H,3,9H2,1-2H3. The van der Waals surface area contributed by atoms with Crippen LogP contribution < -0.4 is 0 Å². The predicted octanol–water partition coefficient (Wildman–Crippen LogP) is 4.95.